The van der Waals surface area contributed by atoms with Crippen molar-refractivity contribution in [2.24, 2.45) is 0 Å². The van der Waals surface area contributed by atoms with E-state index in [2.05, 4.69) is 42.7 Å². The number of rotatable bonds is 4. The van der Waals surface area contributed by atoms with E-state index in [0.29, 0.717) is 11.5 Å². The predicted molar refractivity (Wildman–Crippen MR) is 84.4 cm³/mol. The molecule has 0 aliphatic rings. The minimum atomic E-state index is -0.0222. The van der Waals surface area contributed by atoms with E-state index >= 15 is 0 Å². The lowest BCUT2D eigenvalue weighted by Crippen LogP contribution is -2.04. The van der Waals surface area contributed by atoms with Gasteiger partial charge >= 0.3 is 0 Å². The van der Waals surface area contributed by atoms with E-state index < -0.39 is 0 Å². The van der Waals surface area contributed by atoms with Crippen LogP contribution in [0.25, 0.3) is 5.69 Å². The van der Waals surface area contributed by atoms with Crippen LogP contribution in [0.15, 0.2) is 30.3 Å². The van der Waals surface area contributed by atoms with E-state index in [1.807, 2.05) is 19.9 Å². The maximum absolute atomic E-state index is 11.9. The molecule has 0 N–H and O–H groups in total. The van der Waals surface area contributed by atoms with Crippen LogP contribution in [0.3, 0.4) is 0 Å². The molecule has 20 heavy (non-hydrogen) atoms. The Labute approximate surface area is 125 Å². The van der Waals surface area contributed by atoms with Crippen LogP contribution in [0.4, 0.5) is 0 Å². The number of hydrogen-bond donors (Lipinski definition) is 0. The first kappa shape index (κ1) is 14.9. The largest absolute Gasteiger partial charge is 0.318 e. The number of carbonyl (C=O) groups excluding carboxylic acids is 1. The lowest BCUT2D eigenvalue weighted by atomic mass is 10.0. The van der Waals surface area contributed by atoms with Gasteiger partial charge in [0.05, 0.1) is 5.88 Å². The minimum absolute atomic E-state index is 0.0222. The number of benzene rings is 1. The number of hydrogen-bond acceptors (Lipinski definition) is 1. The van der Waals surface area contributed by atoms with Crippen molar-refractivity contribution in [1.29, 1.82) is 0 Å². The van der Waals surface area contributed by atoms with Gasteiger partial charge in [0, 0.05) is 22.6 Å². The first-order chi connectivity index (χ1) is 9.45. The van der Waals surface area contributed by atoms with Crippen molar-refractivity contribution < 1.29 is 4.79 Å². The molecule has 0 aliphatic carbocycles. The lowest BCUT2D eigenvalue weighted by molar-refractivity contribution is 0.102. The number of carbonyl (C=O) groups is 1. The maximum atomic E-state index is 11.9. The van der Waals surface area contributed by atoms with E-state index in [1.165, 1.54) is 5.56 Å². The molecule has 0 radical (unpaired) electrons. The normalized spacial score (nSPS) is 11.1. The standard InChI is InChI=1S/C17H20ClNO/c1-11(2)14-6-5-7-15(9-14)19-12(3)8-16(13(19)4)17(20)10-18/h5-9,11H,10H2,1-4H3. The summed E-state index contributed by atoms with van der Waals surface area (Å²) in [6, 6.07) is 10.4. The second-order valence-corrected chi connectivity index (χ2v) is 5.69. The summed E-state index contributed by atoms with van der Waals surface area (Å²) >= 11 is 5.67. The molecule has 0 saturated heterocycles. The fraction of sp³-hybridized carbons (Fsp3) is 0.353. The van der Waals surface area contributed by atoms with Crippen molar-refractivity contribution >= 4 is 17.4 Å². The van der Waals surface area contributed by atoms with Gasteiger partial charge in [0.25, 0.3) is 0 Å². The molecule has 2 rings (SSSR count). The maximum Gasteiger partial charge on any atom is 0.179 e. The molecule has 1 aromatic heterocycles. The third-order valence-electron chi connectivity index (χ3n) is 3.65. The molecular weight excluding hydrogens is 270 g/mol. The highest BCUT2D eigenvalue weighted by atomic mass is 35.5. The fourth-order valence-corrected chi connectivity index (χ4v) is 2.68. The molecule has 0 saturated carbocycles. The van der Waals surface area contributed by atoms with Gasteiger partial charge in [-0.1, -0.05) is 26.0 Å². The average molecular weight is 290 g/mol. The van der Waals surface area contributed by atoms with Crippen LogP contribution >= 0.6 is 11.6 Å². The van der Waals surface area contributed by atoms with Crippen molar-refractivity contribution in [3.63, 3.8) is 0 Å². The highest BCUT2D eigenvalue weighted by molar-refractivity contribution is 6.30. The van der Waals surface area contributed by atoms with Crippen LogP contribution in [-0.4, -0.2) is 16.2 Å². The topological polar surface area (TPSA) is 22.0 Å². The SMILES string of the molecule is Cc1cc(C(=O)CCl)c(C)n1-c1cccc(C(C)C)c1. The molecule has 0 atom stereocenters. The summed E-state index contributed by atoms with van der Waals surface area (Å²) in [7, 11) is 0. The van der Waals surface area contributed by atoms with E-state index in [4.69, 9.17) is 11.6 Å². The summed E-state index contributed by atoms with van der Waals surface area (Å²) in [6.07, 6.45) is 0. The number of alkyl halides is 1. The number of aromatic nitrogens is 1. The van der Waals surface area contributed by atoms with Gasteiger partial charge in [-0.2, -0.15) is 0 Å². The van der Waals surface area contributed by atoms with Crippen LogP contribution in [0, 0.1) is 13.8 Å². The highest BCUT2D eigenvalue weighted by Crippen LogP contribution is 2.24. The van der Waals surface area contributed by atoms with Gasteiger partial charge in [0.1, 0.15) is 0 Å². The van der Waals surface area contributed by atoms with E-state index in [-0.39, 0.29) is 11.7 Å². The lowest BCUT2D eigenvalue weighted by Gasteiger charge is -2.13. The first-order valence-corrected chi connectivity index (χ1v) is 7.37. The Morgan fingerprint density at radius 2 is 1.95 bits per heavy atom. The summed E-state index contributed by atoms with van der Waals surface area (Å²) < 4.78 is 2.12. The van der Waals surface area contributed by atoms with Gasteiger partial charge in [0.2, 0.25) is 0 Å². The molecule has 0 bridgehead atoms. The second-order valence-electron chi connectivity index (χ2n) is 5.43. The Bertz CT molecular complexity index is 640. The van der Waals surface area contributed by atoms with Crippen LogP contribution in [-0.2, 0) is 0 Å². The first-order valence-electron chi connectivity index (χ1n) is 6.84. The van der Waals surface area contributed by atoms with Crippen molar-refractivity contribution in [3.05, 3.63) is 52.8 Å². The molecule has 1 heterocycles. The molecule has 0 fully saturated rings. The molecule has 0 spiro atoms. The van der Waals surface area contributed by atoms with Crippen molar-refractivity contribution in [3.8, 4) is 5.69 Å². The Morgan fingerprint density at radius 1 is 1.25 bits per heavy atom. The van der Waals surface area contributed by atoms with Crippen LogP contribution < -0.4 is 0 Å². The smallest absolute Gasteiger partial charge is 0.179 e. The minimum Gasteiger partial charge on any atom is -0.318 e. The quantitative estimate of drug-likeness (QED) is 0.594. The number of nitrogens with zero attached hydrogens (tertiary/aromatic N) is 1. The van der Waals surface area contributed by atoms with E-state index in [0.717, 1.165) is 17.1 Å². The summed E-state index contributed by atoms with van der Waals surface area (Å²) in [5.74, 6) is 0.483. The molecule has 0 unspecified atom stereocenters. The average Bonchev–Trinajstić information content (AvgIpc) is 2.73. The second kappa shape index (κ2) is 5.84. The van der Waals surface area contributed by atoms with Crippen LogP contribution in [0.1, 0.15) is 47.1 Å². The summed E-state index contributed by atoms with van der Waals surface area (Å²) in [6.45, 7) is 8.34. The fourth-order valence-electron chi connectivity index (χ4n) is 2.54. The van der Waals surface area contributed by atoms with E-state index in [1.54, 1.807) is 0 Å². The van der Waals surface area contributed by atoms with Crippen molar-refractivity contribution in [2.75, 3.05) is 5.88 Å². The van der Waals surface area contributed by atoms with Gasteiger partial charge in [-0.15, -0.1) is 11.6 Å². The zero-order valence-corrected chi connectivity index (χ0v) is 13.2. The highest BCUT2D eigenvalue weighted by Gasteiger charge is 2.16. The third kappa shape index (κ3) is 2.66. The Morgan fingerprint density at radius 3 is 2.55 bits per heavy atom. The summed E-state index contributed by atoms with van der Waals surface area (Å²) in [5, 5.41) is 0. The molecular formula is C17H20ClNO. The van der Waals surface area contributed by atoms with Crippen molar-refractivity contribution in [1.82, 2.24) is 4.57 Å². The molecule has 2 aromatic rings. The molecule has 1 aromatic carbocycles. The van der Waals surface area contributed by atoms with Gasteiger partial charge < -0.3 is 4.57 Å². The molecule has 3 heteroatoms. The molecule has 106 valence electrons. The number of ketones is 1. The van der Waals surface area contributed by atoms with Gasteiger partial charge in [0.15, 0.2) is 5.78 Å². The monoisotopic (exact) mass is 289 g/mol. The van der Waals surface area contributed by atoms with Crippen LogP contribution in [0.5, 0.6) is 0 Å². The Balaban J connectivity index is 2.56. The Kier molecular flexibility index (Phi) is 4.34. The molecule has 0 aliphatic heterocycles. The van der Waals surface area contributed by atoms with Gasteiger partial charge in [-0.3, -0.25) is 4.79 Å². The van der Waals surface area contributed by atoms with Crippen LogP contribution in [0.2, 0.25) is 0 Å². The third-order valence-corrected chi connectivity index (χ3v) is 3.89. The number of aryl methyl sites for hydroxylation is 1. The summed E-state index contributed by atoms with van der Waals surface area (Å²) in [5.41, 5.74) is 5.11. The number of halogens is 1. The van der Waals surface area contributed by atoms with Gasteiger partial charge in [-0.25, -0.2) is 0 Å². The number of Topliss-reactive ketones (excluding diaryl/α,β-unsaturated/α-hetero) is 1. The van der Waals surface area contributed by atoms with Crippen molar-refractivity contribution in [2.45, 2.75) is 33.6 Å². The van der Waals surface area contributed by atoms with E-state index in [9.17, 15) is 4.79 Å². The van der Waals surface area contributed by atoms with Gasteiger partial charge in [-0.05, 0) is 43.5 Å². The Hall–Kier alpha value is -1.54. The summed E-state index contributed by atoms with van der Waals surface area (Å²) in [4.78, 5) is 11.9. The molecule has 0 amide bonds. The molecule has 2 nitrogen and oxygen atoms in total. The zero-order chi connectivity index (χ0) is 14.9. The predicted octanol–water partition coefficient (Wildman–Crippen LogP) is 4.64. The zero-order valence-electron chi connectivity index (χ0n) is 12.4.